The number of rotatable bonds is 5. The fraction of sp³-hybridized carbons (Fsp3) is 0.200. The molecule has 0 bridgehead atoms. The van der Waals surface area contributed by atoms with Gasteiger partial charge in [-0.05, 0) is 43.3 Å². The Labute approximate surface area is 117 Å². The van der Waals surface area contributed by atoms with Crippen molar-refractivity contribution in [3.8, 4) is 11.5 Å². The summed E-state index contributed by atoms with van der Waals surface area (Å²) in [5.41, 5.74) is 7.20. The van der Waals surface area contributed by atoms with Crippen molar-refractivity contribution in [1.29, 1.82) is 0 Å². The second-order valence-electron chi connectivity index (χ2n) is 4.04. The molecule has 19 heavy (non-hydrogen) atoms. The number of hydrogen-bond donors (Lipinski definition) is 1. The van der Waals surface area contributed by atoms with Crippen LogP contribution in [0.25, 0.3) is 0 Å². The molecule has 2 aromatic carbocycles. The summed E-state index contributed by atoms with van der Waals surface area (Å²) in [5, 5.41) is 0.617. The molecule has 0 aromatic heterocycles. The minimum atomic E-state index is 0.410. The van der Waals surface area contributed by atoms with Crippen LogP contribution in [0, 0.1) is 0 Å². The quantitative estimate of drug-likeness (QED) is 0.843. The predicted octanol–water partition coefficient (Wildman–Crippen LogP) is 3.90. The van der Waals surface area contributed by atoms with E-state index in [1.807, 2.05) is 43.3 Å². The van der Waals surface area contributed by atoms with Crippen LogP contribution in [0.5, 0.6) is 11.5 Å². The lowest BCUT2D eigenvalue weighted by Gasteiger charge is -2.09. The molecule has 0 radical (unpaired) electrons. The molecule has 0 saturated heterocycles. The first-order valence-corrected chi connectivity index (χ1v) is 6.46. The first-order chi connectivity index (χ1) is 9.19. The molecule has 0 atom stereocenters. The molecule has 0 aliphatic rings. The molecule has 0 spiro atoms. The second-order valence-corrected chi connectivity index (χ2v) is 4.45. The number of benzene rings is 2. The van der Waals surface area contributed by atoms with Gasteiger partial charge in [-0.1, -0.05) is 17.7 Å². The maximum absolute atomic E-state index is 6.08. The second kappa shape index (κ2) is 6.34. The van der Waals surface area contributed by atoms with Crippen molar-refractivity contribution in [3.63, 3.8) is 0 Å². The molecule has 0 unspecified atom stereocenters. The van der Waals surface area contributed by atoms with E-state index in [4.69, 9.17) is 26.8 Å². The van der Waals surface area contributed by atoms with Gasteiger partial charge in [-0.25, -0.2) is 0 Å². The van der Waals surface area contributed by atoms with E-state index in [2.05, 4.69) is 0 Å². The minimum Gasteiger partial charge on any atom is -0.494 e. The van der Waals surface area contributed by atoms with Crippen LogP contribution >= 0.6 is 11.6 Å². The molecular weight excluding hydrogens is 262 g/mol. The average Bonchev–Trinajstić information content (AvgIpc) is 2.40. The third-order valence-electron chi connectivity index (χ3n) is 2.61. The predicted molar refractivity (Wildman–Crippen MR) is 77.8 cm³/mol. The summed E-state index contributed by atoms with van der Waals surface area (Å²) in [6.07, 6.45) is 0. The van der Waals surface area contributed by atoms with Gasteiger partial charge in [-0.2, -0.15) is 0 Å². The Morgan fingerprint density at radius 3 is 2.21 bits per heavy atom. The van der Waals surface area contributed by atoms with Gasteiger partial charge in [0.25, 0.3) is 0 Å². The zero-order chi connectivity index (χ0) is 13.7. The molecule has 4 heteroatoms. The maximum Gasteiger partial charge on any atom is 0.120 e. The van der Waals surface area contributed by atoms with Crippen LogP contribution in [0.3, 0.4) is 0 Å². The van der Waals surface area contributed by atoms with Gasteiger partial charge in [-0.15, -0.1) is 0 Å². The van der Waals surface area contributed by atoms with E-state index in [0.29, 0.717) is 23.9 Å². The van der Waals surface area contributed by atoms with Crippen molar-refractivity contribution in [3.05, 3.63) is 53.1 Å². The first kappa shape index (κ1) is 13.6. The molecule has 3 nitrogen and oxygen atoms in total. The van der Waals surface area contributed by atoms with Crippen molar-refractivity contribution < 1.29 is 9.47 Å². The summed E-state index contributed by atoms with van der Waals surface area (Å²) in [6, 6.07) is 12.9. The van der Waals surface area contributed by atoms with Crippen LogP contribution in [0.1, 0.15) is 12.5 Å². The Kier molecular flexibility index (Phi) is 4.53. The van der Waals surface area contributed by atoms with E-state index < -0.39 is 0 Å². The number of nitrogen functional groups attached to an aromatic ring is 1. The molecule has 0 aliphatic carbocycles. The molecule has 2 aromatic rings. The van der Waals surface area contributed by atoms with E-state index in [0.717, 1.165) is 17.1 Å². The molecule has 0 aliphatic heterocycles. The highest BCUT2D eigenvalue weighted by Crippen LogP contribution is 2.22. The number of halogens is 1. The van der Waals surface area contributed by atoms with E-state index in [-0.39, 0.29) is 0 Å². The van der Waals surface area contributed by atoms with Gasteiger partial charge in [0, 0.05) is 16.3 Å². The largest absolute Gasteiger partial charge is 0.494 e. The summed E-state index contributed by atoms with van der Waals surface area (Å²) in [7, 11) is 0. The number of anilines is 1. The summed E-state index contributed by atoms with van der Waals surface area (Å²) < 4.78 is 11.0. The Hall–Kier alpha value is -1.87. The van der Waals surface area contributed by atoms with E-state index >= 15 is 0 Å². The number of nitrogens with two attached hydrogens (primary N) is 1. The van der Waals surface area contributed by atoms with Crippen LogP contribution in [0.4, 0.5) is 5.69 Å². The third-order valence-corrected chi connectivity index (χ3v) is 2.96. The average molecular weight is 278 g/mol. The van der Waals surface area contributed by atoms with Gasteiger partial charge >= 0.3 is 0 Å². The highest BCUT2D eigenvalue weighted by molar-refractivity contribution is 6.31. The molecule has 0 amide bonds. The van der Waals surface area contributed by atoms with Crippen molar-refractivity contribution in [2.75, 3.05) is 12.3 Å². The van der Waals surface area contributed by atoms with Gasteiger partial charge in [0.05, 0.1) is 6.61 Å². The topological polar surface area (TPSA) is 44.5 Å². The zero-order valence-corrected chi connectivity index (χ0v) is 11.5. The number of hydrogen-bond acceptors (Lipinski definition) is 3. The normalized spacial score (nSPS) is 10.2. The fourth-order valence-corrected chi connectivity index (χ4v) is 1.88. The van der Waals surface area contributed by atoms with Gasteiger partial charge in [0.1, 0.15) is 18.1 Å². The third kappa shape index (κ3) is 3.80. The zero-order valence-electron chi connectivity index (χ0n) is 10.7. The molecular formula is C15H16ClNO2. The molecule has 100 valence electrons. The lowest BCUT2D eigenvalue weighted by molar-refractivity contribution is 0.304. The van der Waals surface area contributed by atoms with Crippen LogP contribution in [0.2, 0.25) is 5.02 Å². The van der Waals surface area contributed by atoms with Crippen LogP contribution in [-0.2, 0) is 6.61 Å². The van der Waals surface area contributed by atoms with Crippen molar-refractivity contribution in [2.24, 2.45) is 0 Å². The maximum atomic E-state index is 6.08. The van der Waals surface area contributed by atoms with Crippen molar-refractivity contribution in [1.82, 2.24) is 0 Å². The van der Waals surface area contributed by atoms with Crippen LogP contribution < -0.4 is 15.2 Å². The molecule has 0 saturated carbocycles. The van der Waals surface area contributed by atoms with Crippen LogP contribution in [-0.4, -0.2) is 6.61 Å². The van der Waals surface area contributed by atoms with Crippen LogP contribution in [0.15, 0.2) is 42.5 Å². The summed E-state index contributed by atoms with van der Waals surface area (Å²) in [6.45, 7) is 3.02. The lowest BCUT2D eigenvalue weighted by atomic mass is 10.2. The SMILES string of the molecule is CCOc1ccc(OCc2ccc(N)cc2Cl)cc1. The lowest BCUT2D eigenvalue weighted by Crippen LogP contribution is -1.97. The highest BCUT2D eigenvalue weighted by Gasteiger charge is 2.02. The Morgan fingerprint density at radius 1 is 1.00 bits per heavy atom. The summed E-state index contributed by atoms with van der Waals surface area (Å²) in [5.74, 6) is 1.61. The molecule has 0 heterocycles. The minimum absolute atomic E-state index is 0.410. The fourth-order valence-electron chi connectivity index (χ4n) is 1.64. The Balaban J connectivity index is 1.98. The van der Waals surface area contributed by atoms with Gasteiger partial charge < -0.3 is 15.2 Å². The van der Waals surface area contributed by atoms with E-state index in [1.54, 1.807) is 6.07 Å². The van der Waals surface area contributed by atoms with Gasteiger partial charge in [-0.3, -0.25) is 0 Å². The molecule has 2 N–H and O–H groups in total. The standard InChI is InChI=1S/C15H16ClNO2/c1-2-18-13-5-7-14(8-6-13)19-10-11-3-4-12(17)9-15(11)16/h3-9H,2,10,17H2,1H3. The van der Waals surface area contributed by atoms with Gasteiger partial charge in [0.15, 0.2) is 0 Å². The molecule has 2 rings (SSSR count). The van der Waals surface area contributed by atoms with Crippen molar-refractivity contribution in [2.45, 2.75) is 13.5 Å². The molecule has 0 fully saturated rings. The smallest absolute Gasteiger partial charge is 0.120 e. The first-order valence-electron chi connectivity index (χ1n) is 6.08. The summed E-state index contributed by atoms with van der Waals surface area (Å²) in [4.78, 5) is 0. The van der Waals surface area contributed by atoms with E-state index in [9.17, 15) is 0 Å². The van der Waals surface area contributed by atoms with E-state index in [1.165, 1.54) is 0 Å². The Bertz CT molecular complexity index is 540. The highest BCUT2D eigenvalue weighted by atomic mass is 35.5. The monoisotopic (exact) mass is 277 g/mol. The Morgan fingerprint density at radius 2 is 1.63 bits per heavy atom. The van der Waals surface area contributed by atoms with Crippen molar-refractivity contribution >= 4 is 17.3 Å². The van der Waals surface area contributed by atoms with Gasteiger partial charge in [0.2, 0.25) is 0 Å². The summed E-state index contributed by atoms with van der Waals surface area (Å²) >= 11 is 6.08. The number of ether oxygens (including phenoxy) is 2.